The van der Waals surface area contributed by atoms with Crippen molar-refractivity contribution in [1.82, 2.24) is 4.57 Å². The van der Waals surface area contributed by atoms with Crippen LogP contribution in [0.4, 0.5) is 17.1 Å². The highest BCUT2D eigenvalue weighted by molar-refractivity contribution is 6.13. The molecule has 0 saturated carbocycles. The Morgan fingerprint density at radius 2 is 0.818 bits per heavy atom. The number of aromatic nitrogens is 1. The Bertz CT molecular complexity index is 2940. The van der Waals surface area contributed by atoms with Crippen LogP contribution in [0.25, 0.3) is 71.6 Å². The Morgan fingerprint density at radius 3 is 1.45 bits per heavy atom. The van der Waals surface area contributed by atoms with Crippen LogP contribution in [0.1, 0.15) is 5.56 Å². The first-order valence-corrected chi connectivity index (χ1v) is 18.9. The van der Waals surface area contributed by atoms with Gasteiger partial charge in [-0.05, 0) is 118 Å². The summed E-state index contributed by atoms with van der Waals surface area (Å²) in [6.07, 6.45) is 0. The van der Waals surface area contributed by atoms with E-state index in [0.29, 0.717) is 0 Å². The highest BCUT2D eigenvalue weighted by Crippen LogP contribution is 2.40. The number of rotatable bonds is 7. The molecule has 0 radical (unpaired) electrons. The number of anilines is 3. The van der Waals surface area contributed by atoms with E-state index in [9.17, 15) is 0 Å². The largest absolute Gasteiger partial charge is 0.311 e. The zero-order valence-corrected chi connectivity index (χ0v) is 30.6. The molecule has 10 rings (SSSR count). The lowest BCUT2D eigenvalue weighted by molar-refractivity contribution is 1.18. The molecule has 2 nitrogen and oxygen atoms in total. The van der Waals surface area contributed by atoms with Crippen LogP contribution in [-0.4, -0.2) is 4.57 Å². The van der Waals surface area contributed by atoms with Crippen molar-refractivity contribution in [2.75, 3.05) is 4.90 Å². The molecule has 0 aliphatic heterocycles. The molecule has 0 saturated heterocycles. The molecule has 0 aliphatic rings. The first-order valence-electron chi connectivity index (χ1n) is 18.9. The molecule has 0 atom stereocenters. The van der Waals surface area contributed by atoms with Crippen LogP contribution < -0.4 is 4.90 Å². The number of hydrogen-bond donors (Lipinski definition) is 0. The van der Waals surface area contributed by atoms with E-state index in [0.717, 1.165) is 22.7 Å². The fourth-order valence-corrected chi connectivity index (χ4v) is 8.07. The third-order valence-electron chi connectivity index (χ3n) is 10.9. The maximum atomic E-state index is 2.40. The van der Waals surface area contributed by atoms with Gasteiger partial charge in [-0.3, -0.25) is 0 Å². The number of para-hydroxylation sites is 1. The Hall–Kier alpha value is -7.16. The summed E-state index contributed by atoms with van der Waals surface area (Å²) in [4.78, 5) is 2.33. The molecule has 10 aromatic rings. The van der Waals surface area contributed by atoms with E-state index in [-0.39, 0.29) is 0 Å². The summed E-state index contributed by atoms with van der Waals surface area (Å²) in [7, 11) is 0. The minimum Gasteiger partial charge on any atom is -0.311 e. The Morgan fingerprint density at radius 1 is 0.345 bits per heavy atom. The fraction of sp³-hybridized carbons (Fsp3) is 0.0189. The van der Waals surface area contributed by atoms with E-state index in [1.165, 1.54) is 71.5 Å². The van der Waals surface area contributed by atoms with Crippen molar-refractivity contribution >= 4 is 49.6 Å². The van der Waals surface area contributed by atoms with E-state index in [4.69, 9.17) is 0 Å². The van der Waals surface area contributed by atoms with Gasteiger partial charge in [-0.15, -0.1) is 0 Å². The molecule has 1 heterocycles. The van der Waals surface area contributed by atoms with Crippen molar-refractivity contribution in [2.45, 2.75) is 6.92 Å². The first kappa shape index (κ1) is 32.5. The molecule has 0 unspecified atom stereocenters. The normalized spacial score (nSPS) is 11.4. The lowest BCUT2D eigenvalue weighted by Gasteiger charge is -2.26. The number of aryl methyl sites for hydroxylation is 1. The summed E-state index contributed by atoms with van der Waals surface area (Å²) in [5.74, 6) is 0. The SMILES string of the molecule is Cc1ccc(N(c2ccc(-c3ccccc3)cc2)c2ccc(-c3ccccc3-c3ccc(-n4c5ccccc5c5cc6ccccc6cc54)cc3)cc2)cc1. The lowest BCUT2D eigenvalue weighted by atomic mass is 9.94. The highest BCUT2D eigenvalue weighted by Gasteiger charge is 2.16. The van der Waals surface area contributed by atoms with E-state index in [1.54, 1.807) is 0 Å². The molecule has 0 N–H and O–H groups in total. The Kier molecular flexibility index (Phi) is 8.08. The second-order valence-electron chi connectivity index (χ2n) is 14.3. The molecular formula is C53H38N2. The summed E-state index contributed by atoms with van der Waals surface area (Å²) in [5, 5.41) is 5.06. The average Bonchev–Trinajstić information content (AvgIpc) is 3.57. The van der Waals surface area contributed by atoms with Gasteiger partial charge in [0, 0.05) is 33.5 Å². The van der Waals surface area contributed by atoms with E-state index >= 15 is 0 Å². The monoisotopic (exact) mass is 702 g/mol. The van der Waals surface area contributed by atoms with Gasteiger partial charge in [-0.1, -0.05) is 151 Å². The van der Waals surface area contributed by atoms with Crippen LogP contribution >= 0.6 is 0 Å². The molecule has 1 aromatic heterocycles. The van der Waals surface area contributed by atoms with Crippen molar-refractivity contribution in [2.24, 2.45) is 0 Å². The Balaban J connectivity index is 0.999. The van der Waals surface area contributed by atoms with Gasteiger partial charge in [0.2, 0.25) is 0 Å². The van der Waals surface area contributed by atoms with Crippen LogP contribution in [0, 0.1) is 6.92 Å². The minimum atomic E-state index is 1.11. The number of benzene rings is 9. The van der Waals surface area contributed by atoms with Gasteiger partial charge in [-0.2, -0.15) is 0 Å². The van der Waals surface area contributed by atoms with E-state index < -0.39 is 0 Å². The summed E-state index contributed by atoms with van der Waals surface area (Å²) >= 11 is 0. The van der Waals surface area contributed by atoms with E-state index in [1.807, 2.05) is 0 Å². The van der Waals surface area contributed by atoms with Crippen molar-refractivity contribution in [3.63, 3.8) is 0 Å². The molecule has 0 aliphatic carbocycles. The average molecular weight is 703 g/mol. The van der Waals surface area contributed by atoms with Crippen molar-refractivity contribution in [3.05, 3.63) is 218 Å². The van der Waals surface area contributed by atoms with Gasteiger partial charge in [0.25, 0.3) is 0 Å². The van der Waals surface area contributed by atoms with Crippen LogP contribution in [0.5, 0.6) is 0 Å². The van der Waals surface area contributed by atoms with Gasteiger partial charge in [0.15, 0.2) is 0 Å². The molecule has 2 heteroatoms. The van der Waals surface area contributed by atoms with Crippen molar-refractivity contribution < 1.29 is 0 Å². The molecular weight excluding hydrogens is 665 g/mol. The maximum Gasteiger partial charge on any atom is 0.0547 e. The molecule has 9 aromatic carbocycles. The third kappa shape index (κ3) is 5.95. The first-order chi connectivity index (χ1) is 27.2. The van der Waals surface area contributed by atoms with Gasteiger partial charge >= 0.3 is 0 Å². The second kappa shape index (κ2) is 13.7. The second-order valence-corrected chi connectivity index (χ2v) is 14.3. The van der Waals surface area contributed by atoms with Gasteiger partial charge in [0.1, 0.15) is 0 Å². The molecule has 0 spiro atoms. The third-order valence-corrected chi connectivity index (χ3v) is 10.9. The molecule has 0 amide bonds. The van der Waals surface area contributed by atoms with Gasteiger partial charge < -0.3 is 9.47 Å². The molecule has 0 fully saturated rings. The standard InChI is InChI=1S/C53H38N2/c1-37-19-27-44(28-20-37)54(45-29-21-39(22-30-45)38-11-3-2-4-12-38)46-31-23-40(24-32-46)48-15-7-8-16-49(48)41-25-33-47(34-26-41)55-52-18-10-9-17-50(52)51-35-42-13-5-6-14-43(42)36-53(51)55/h2-36H,1H3. The quantitative estimate of drug-likeness (QED) is 0.160. The summed E-state index contributed by atoms with van der Waals surface area (Å²) in [5.41, 5.74) is 15.4. The van der Waals surface area contributed by atoms with Gasteiger partial charge in [0.05, 0.1) is 11.0 Å². The van der Waals surface area contributed by atoms with Crippen LogP contribution in [0.2, 0.25) is 0 Å². The van der Waals surface area contributed by atoms with Crippen molar-refractivity contribution in [1.29, 1.82) is 0 Å². The predicted octanol–water partition coefficient (Wildman–Crippen LogP) is 14.7. The fourth-order valence-electron chi connectivity index (χ4n) is 8.07. The zero-order chi connectivity index (χ0) is 36.7. The lowest BCUT2D eigenvalue weighted by Crippen LogP contribution is -2.09. The molecule has 260 valence electrons. The minimum absolute atomic E-state index is 1.11. The van der Waals surface area contributed by atoms with Crippen LogP contribution in [0.3, 0.4) is 0 Å². The predicted molar refractivity (Wildman–Crippen MR) is 234 cm³/mol. The van der Waals surface area contributed by atoms with Crippen molar-refractivity contribution in [3.8, 4) is 39.1 Å². The topological polar surface area (TPSA) is 8.17 Å². The number of nitrogens with zero attached hydrogens (tertiary/aromatic N) is 2. The van der Waals surface area contributed by atoms with Crippen LogP contribution in [0.15, 0.2) is 212 Å². The van der Waals surface area contributed by atoms with Gasteiger partial charge in [-0.25, -0.2) is 0 Å². The summed E-state index contributed by atoms with van der Waals surface area (Å²) in [6.45, 7) is 2.13. The molecule has 55 heavy (non-hydrogen) atoms. The summed E-state index contributed by atoms with van der Waals surface area (Å²) in [6, 6.07) is 77.0. The zero-order valence-electron chi connectivity index (χ0n) is 30.6. The number of hydrogen-bond acceptors (Lipinski definition) is 1. The summed E-state index contributed by atoms with van der Waals surface area (Å²) < 4.78 is 2.40. The maximum absolute atomic E-state index is 2.40. The van der Waals surface area contributed by atoms with Crippen LogP contribution in [-0.2, 0) is 0 Å². The highest BCUT2D eigenvalue weighted by atomic mass is 15.1. The number of fused-ring (bicyclic) bond motifs is 4. The molecule has 0 bridgehead atoms. The smallest absolute Gasteiger partial charge is 0.0547 e. The van der Waals surface area contributed by atoms with E-state index in [2.05, 4.69) is 229 Å². The Labute approximate surface area is 321 Å².